The lowest BCUT2D eigenvalue weighted by molar-refractivity contribution is -0.120. The van der Waals surface area contributed by atoms with Gasteiger partial charge in [-0.05, 0) is 30.2 Å². The van der Waals surface area contributed by atoms with Crippen molar-refractivity contribution in [3.8, 4) is 0 Å². The van der Waals surface area contributed by atoms with Crippen LogP contribution in [0, 0.1) is 6.92 Å². The minimum Gasteiger partial charge on any atom is -0.355 e. The molecule has 3 aromatic carbocycles. The number of H-pyrrole nitrogens is 1. The molecule has 0 unspecified atom stereocenters. The molecule has 0 aliphatic rings. The summed E-state index contributed by atoms with van der Waals surface area (Å²) in [5.41, 5.74) is 5.55. The lowest BCUT2D eigenvalue weighted by Gasteiger charge is -2.06. The van der Waals surface area contributed by atoms with E-state index in [9.17, 15) is 4.79 Å². The summed E-state index contributed by atoms with van der Waals surface area (Å²) in [4.78, 5) is 15.7. The van der Waals surface area contributed by atoms with E-state index in [0.717, 1.165) is 22.2 Å². The Kier molecular flexibility index (Phi) is 3.98. The number of benzene rings is 3. The van der Waals surface area contributed by atoms with Crippen molar-refractivity contribution < 1.29 is 4.79 Å². The van der Waals surface area contributed by atoms with E-state index in [-0.39, 0.29) is 5.91 Å². The molecule has 0 fully saturated rings. The maximum Gasteiger partial charge on any atom is 0.224 e. The standard InChI is InChI=1S/C22H20N2O/c1-15-6-8-16(9-7-15)14-23-22(25)13-17-10-11-19-18-4-2-3-5-20(18)24-21(19)12-17/h2-12,24H,13-14H2,1H3,(H,23,25). The first kappa shape index (κ1) is 15.5. The molecule has 2 N–H and O–H groups in total. The Morgan fingerprint density at radius 3 is 2.44 bits per heavy atom. The summed E-state index contributed by atoms with van der Waals surface area (Å²) in [6.45, 7) is 2.62. The van der Waals surface area contributed by atoms with Crippen molar-refractivity contribution >= 4 is 27.7 Å². The van der Waals surface area contributed by atoms with E-state index < -0.39 is 0 Å². The topological polar surface area (TPSA) is 44.9 Å². The minimum atomic E-state index is 0.0380. The number of amides is 1. The lowest BCUT2D eigenvalue weighted by Crippen LogP contribution is -2.24. The van der Waals surface area contributed by atoms with Gasteiger partial charge in [0.1, 0.15) is 0 Å². The van der Waals surface area contributed by atoms with Crippen LogP contribution in [0.15, 0.2) is 66.7 Å². The molecular weight excluding hydrogens is 308 g/mol. The highest BCUT2D eigenvalue weighted by Gasteiger charge is 2.07. The average Bonchev–Trinajstić information content (AvgIpc) is 2.99. The highest BCUT2D eigenvalue weighted by Crippen LogP contribution is 2.25. The van der Waals surface area contributed by atoms with E-state index in [0.29, 0.717) is 13.0 Å². The number of para-hydroxylation sites is 1. The van der Waals surface area contributed by atoms with Crippen LogP contribution in [0.4, 0.5) is 0 Å². The molecule has 3 nitrogen and oxygen atoms in total. The van der Waals surface area contributed by atoms with Crippen molar-refractivity contribution in [2.24, 2.45) is 0 Å². The van der Waals surface area contributed by atoms with Crippen LogP contribution in [0.3, 0.4) is 0 Å². The Balaban J connectivity index is 1.47. The smallest absolute Gasteiger partial charge is 0.224 e. The maximum atomic E-state index is 12.2. The van der Waals surface area contributed by atoms with Crippen molar-refractivity contribution in [2.45, 2.75) is 19.9 Å². The fraction of sp³-hybridized carbons (Fsp3) is 0.136. The van der Waals surface area contributed by atoms with Gasteiger partial charge in [-0.15, -0.1) is 0 Å². The number of hydrogen-bond donors (Lipinski definition) is 2. The number of carbonyl (C=O) groups is 1. The third-order valence-electron chi connectivity index (χ3n) is 4.55. The molecule has 0 saturated carbocycles. The highest BCUT2D eigenvalue weighted by molar-refractivity contribution is 6.07. The van der Waals surface area contributed by atoms with Crippen molar-refractivity contribution in [3.63, 3.8) is 0 Å². The normalized spacial score (nSPS) is 11.1. The molecule has 0 spiro atoms. The predicted molar refractivity (Wildman–Crippen MR) is 103 cm³/mol. The van der Waals surface area contributed by atoms with Gasteiger partial charge in [-0.25, -0.2) is 0 Å². The summed E-state index contributed by atoms with van der Waals surface area (Å²) in [5.74, 6) is 0.0380. The Morgan fingerprint density at radius 1 is 0.880 bits per heavy atom. The Hall–Kier alpha value is -3.07. The van der Waals surface area contributed by atoms with Crippen LogP contribution < -0.4 is 5.32 Å². The zero-order valence-corrected chi connectivity index (χ0v) is 14.2. The molecule has 0 aliphatic carbocycles. The number of nitrogens with one attached hydrogen (secondary N) is 2. The first-order chi connectivity index (χ1) is 12.2. The van der Waals surface area contributed by atoms with Gasteiger partial charge in [0.25, 0.3) is 0 Å². The maximum absolute atomic E-state index is 12.2. The molecule has 4 aromatic rings. The second-order valence-corrected chi connectivity index (χ2v) is 6.49. The number of aromatic nitrogens is 1. The van der Waals surface area contributed by atoms with Crippen LogP contribution in [0.25, 0.3) is 21.8 Å². The first-order valence-electron chi connectivity index (χ1n) is 8.51. The molecule has 0 bridgehead atoms. The molecule has 0 atom stereocenters. The van der Waals surface area contributed by atoms with E-state index >= 15 is 0 Å². The second kappa shape index (κ2) is 6.44. The van der Waals surface area contributed by atoms with Crippen LogP contribution in [-0.2, 0) is 17.8 Å². The van der Waals surface area contributed by atoms with Gasteiger partial charge in [-0.3, -0.25) is 4.79 Å². The predicted octanol–water partition coefficient (Wildman–Crippen LogP) is 4.49. The van der Waals surface area contributed by atoms with Crippen molar-refractivity contribution in [2.75, 3.05) is 0 Å². The number of fused-ring (bicyclic) bond motifs is 3. The Bertz CT molecular complexity index is 1040. The number of aromatic amines is 1. The van der Waals surface area contributed by atoms with Crippen molar-refractivity contribution in [1.82, 2.24) is 10.3 Å². The molecule has 4 rings (SSSR count). The molecule has 3 heteroatoms. The van der Waals surface area contributed by atoms with E-state index in [1.165, 1.54) is 16.3 Å². The molecule has 0 saturated heterocycles. The van der Waals surface area contributed by atoms with E-state index in [1.807, 2.05) is 30.3 Å². The number of carbonyl (C=O) groups excluding carboxylic acids is 1. The Labute approximate surface area is 146 Å². The van der Waals surface area contributed by atoms with E-state index in [4.69, 9.17) is 0 Å². The van der Waals surface area contributed by atoms with Crippen LogP contribution >= 0.6 is 0 Å². The minimum absolute atomic E-state index is 0.0380. The molecule has 1 aromatic heterocycles. The molecule has 1 amide bonds. The zero-order valence-electron chi connectivity index (χ0n) is 14.2. The quantitative estimate of drug-likeness (QED) is 0.570. The fourth-order valence-corrected chi connectivity index (χ4v) is 3.17. The van der Waals surface area contributed by atoms with Gasteiger partial charge < -0.3 is 10.3 Å². The van der Waals surface area contributed by atoms with Gasteiger partial charge in [-0.2, -0.15) is 0 Å². The van der Waals surface area contributed by atoms with Gasteiger partial charge in [-0.1, -0.05) is 60.2 Å². The van der Waals surface area contributed by atoms with Crippen LogP contribution in [0.2, 0.25) is 0 Å². The van der Waals surface area contributed by atoms with E-state index in [2.05, 4.69) is 53.6 Å². The van der Waals surface area contributed by atoms with Crippen LogP contribution in [0.5, 0.6) is 0 Å². The molecule has 25 heavy (non-hydrogen) atoms. The lowest BCUT2D eigenvalue weighted by atomic mass is 10.1. The van der Waals surface area contributed by atoms with Crippen LogP contribution in [0.1, 0.15) is 16.7 Å². The average molecular weight is 328 g/mol. The SMILES string of the molecule is Cc1ccc(CNC(=O)Cc2ccc3c(c2)[nH]c2ccccc23)cc1. The zero-order chi connectivity index (χ0) is 17.2. The summed E-state index contributed by atoms with van der Waals surface area (Å²) in [6.07, 6.45) is 0.386. The fourth-order valence-electron chi connectivity index (χ4n) is 3.17. The molecule has 0 radical (unpaired) electrons. The highest BCUT2D eigenvalue weighted by atomic mass is 16.1. The van der Waals surface area contributed by atoms with Gasteiger partial charge in [0.05, 0.1) is 6.42 Å². The summed E-state index contributed by atoms with van der Waals surface area (Å²) in [5, 5.41) is 5.40. The first-order valence-corrected chi connectivity index (χ1v) is 8.51. The Morgan fingerprint density at radius 2 is 1.60 bits per heavy atom. The summed E-state index contributed by atoms with van der Waals surface area (Å²) >= 11 is 0. The van der Waals surface area contributed by atoms with Gasteiger partial charge in [0.2, 0.25) is 5.91 Å². The molecule has 0 aliphatic heterocycles. The molecule has 1 heterocycles. The number of hydrogen-bond acceptors (Lipinski definition) is 1. The summed E-state index contributed by atoms with van der Waals surface area (Å²) in [7, 11) is 0. The second-order valence-electron chi connectivity index (χ2n) is 6.49. The van der Waals surface area contributed by atoms with Gasteiger partial charge >= 0.3 is 0 Å². The van der Waals surface area contributed by atoms with Gasteiger partial charge in [0, 0.05) is 28.4 Å². The molecular formula is C22H20N2O. The van der Waals surface area contributed by atoms with Crippen LogP contribution in [-0.4, -0.2) is 10.9 Å². The monoisotopic (exact) mass is 328 g/mol. The third kappa shape index (κ3) is 3.26. The number of rotatable bonds is 4. The van der Waals surface area contributed by atoms with Gasteiger partial charge in [0.15, 0.2) is 0 Å². The van der Waals surface area contributed by atoms with Crippen molar-refractivity contribution in [1.29, 1.82) is 0 Å². The largest absolute Gasteiger partial charge is 0.355 e. The third-order valence-corrected chi connectivity index (χ3v) is 4.55. The number of aryl methyl sites for hydroxylation is 1. The van der Waals surface area contributed by atoms with Crippen molar-refractivity contribution in [3.05, 3.63) is 83.4 Å². The van der Waals surface area contributed by atoms with E-state index in [1.54, 1.807) is 0 Å². The summed E-state index contributed by atoms with van der Waals surface area (Å²) < 4.78 is 0. The molecule has 124 valence electrons. The summed E-state index contributed by atoms with van der Waals surface area (Å²) in [6, 6.07) is 22.7.